The summed E-state index contributed by atoms with van der Waals surface area (Å²) < 4.78 is 10.4. The van der Waals surface area contributed by atoms with E-state index in [0.29, 0.717) is 11.6 Å². The number of rotatable bonds is 3. The molecule has 88 valence electrons. The number of nitrogens with zero attached hydrogens (tertiary/aromatic N) is 2. The van der Waals surface area contributed by atoms with Crippen LogP contribution in [-0.2, 0) is 4.74 Å². The van der Waals surface area contributed by atoms with Crippen molar-refractivity contribution >= 4 is 11.5 Å². The summed E-state index contributed by atoms with van der Waals surface area (Å²) in [6.45, 7) is 1.75. The molecule has 1 unspecified atom stereocenters. The van der Waals surface area contributed by atoms with Crippen LogP contribution >= 0.6 is 0 Å². The van der Waals surface area contributed by atoms with Crippen LogP contribution in [0.1, 0.15) is 6.42 Å². The van der Waals surface area contributed by atoms with Crippen LogP contribution in [0.5, 0.6) is 5.88 Å². The zero-order valence-corrected chi connectivity index (χ0v) is 9.64. The summed E-state index contributed by atoms with van der Waals surface area (Å²) in [5.41, 5.74) is 6.59. The lowest BCUT2D eigenvalue weighted by molar-refractivity contribution is 0.121. The number of nitrogens with two attached hydrogens (primary N) is 1. The summed E-state index contributed by atoms with van der Waals surface area (Å²) in [4.78, 5) is 6.50. The normalized spacial score (nSPS) is 20.1. The van der Waals surface area contributed by atoms with Crippen LogP contribution in [0.4, 0.5) is 11.5 Å². The summed E-state index contributed by atoms with van der Waals surface area (Å²) in [5.74, 6) is 1.38. The summed E-state index contributed by atoms with van der Waals surface area (Å²) in [6, 6.07) is 3.59. The summed E-state index contributed by atoms with van der Waals surface area (Å²) >= 11 is 0. The van der Waals surface area contributed by atoms with Gasteiger partial charge >= 0.3 is 0 Å². The van der Waals surface area contributed by atoms with Gasteiger partial charge in [0.05, 0.1) is 18.9 Å². The molecule has 0 amide bonds. The van der Waals surface area contributed by atoms with Crippen molar-refractivity contribution in [2.75, 3.05) is 37.9 Å². The zero-order chi connectivity index (χ0) is 11.5. The molecule has 5 nitrogen and oxygen atoms in total. The highest BCUT2D eigenvalue weighted by Gasteiger charge is 2.24. The fourth-order valence-corrected chi connectivity index (χ4v) is 1.92. The first-order chi connectivity index (χ1) is 7.74. The Morgan fingerprint density at radius 2 is 2.25 bits per heavy atom. The Morgan fingerprint density at radius 3 is 2.88 bits per heavy atom. The summed E-state index contributed by atoms with van der Waals surface area (Å²) in [5, 5.41) is 0. The molecule has 5 heteroatoms. The van der Waals surface area contributed by atoms with Crippen LogP contribution in [-0.4, -0.2) is 38.4 Å². The molecule has 2 N–H and O–H groups in total. The minimum Gasteiger partial charge on any atom is -0.481 e. The van der Waals surface area contributed by atoms with Gasteiger partial charge in [-0.3, -0.25) is 0 Å². The smallest absolute Gasteiger partial charge is 0.215 e. The highest BCUT2D eigenvalue weighted by atomic mass is 16.5. The molecule has 1 aliphatic heterocycles. The molecule has 0 aromatic carbocycles. The van der Waals surface area contributed by atoms with Crippen molar-refractivity contribution in [3.8, 4) is 5.88 Å². The number of methoxy groups -OCH3 is 2. The molecule has 0 radical (unpaired) electrons. The van der Waals surface area contributed by atoms with Gasteiger partial charge in [-0.2, -0.15) is 4.98 Å². The Kier molecular flexibility index (Phi) is 3.14. The third-order valence-corrected chi connectivity index (χ3v) is 2.87. The molecule has 16 heavy (non-hydrogen) atoms. The van der Waals surface area contributed by atoms with Gasteiger partial charge in [0.1, 0.15) is 0 Å². The highest BCUT2D eigenvalue weighted by Crippen LogP contribution is 2.27. The fourth-order valence-electron chi connectivity index (χ4n) is 1.92. The maximum atomic E-state index is 5.91. The van der Waals surface area contributed by atoms with Crippen LogP contribution in [0, 0.1) is 0 Å². The van der Waals surface area contributed by atoms with E-state index < -0.39 is 0 Å². The van der Waals surface area contributed by atoms with E-state index in [1.807, 2.05) is 6.07 Å². The monoisotopic (exact) mass is 223 g/mol. The second-order valence-electron chi connectivity index (χ2n) is 3.86. The Bertz CT molecular complexity index is 370. The quantitative estimate of drug-likeness (QED) is 0.825. The molecule has 1 aliphatic rings. The first-order valence-corrected chi connectivity index (χ1v) is 5.33. The van der Waals surface area contributed by atoms with Crippen molar-refractivity contribution in [2.45, 2.75) is 12.5 Å². The third-order valence-electron chi connectivity index (χ3n) is 2.87. The minimum atomic E-state index is 0.271. The second-order valence-corrected chi connectivity index (χ2v) is 3.86. The first kappa shape index (κ1) is 11.0. The van der Waals surface area contributed by atoms with E-state index in [0.717, 1.165) is 25.3 Å². The molecule has 1 aromatic heterocycles. The summed E-state index contributed by atoms with van der Waals surface area (Å²) in [6.07, 6.45) is 1.28. The zero-order valence-electron chi connectivity index (χ0n) is 9.64. The number of nitrogen functional groups attached to an aromatic ring is 1. The Morgan fingerprint density at radius 1 is 1.44 bits per heavy atom. The predicted molar refractivity (Wildman–Crippen MR) is 62.8 cm³/mol. The van der Waals surface area contributed by atoms with Crippen LogP contribution < -0.4 is 15.4 Å². The van der Waals surface area contributed by atoms with Crippen LogP contribution in [0.2, 0.25) is 0 Å². The number of anilines is 2. The van der Waals surface area contributed by atoms with Crippen molar-refractivity contribution in [2.24, 2.45) is 0 Å². The first-order valence-electron chi connectivity index (χ1n) is 5.33. The van der Waals surface area contributed by atoms with Crippen molar-refractivity contribution in [1.29, 1.82) is 0 Å². The molecule has 1 saturated heterocycles. The molecule has 2 heterocycles. The summed E-state index contributed by atoms with van der Waals surface area (Å²) in [7, 11) is 3.33. The number of aromatic nitrogens is 1. The van der Waals surface area contributed by atoms with Crippen LogP contribution in [0.15, 0.2) is 12.1 Å². The molecule has 0 spiro atoms. The van der Waals surface area contributed by atoms with Crippen LogP contribution in [0.25, 0.3) is 0 Å². The second kappa shape index (κ2) is 4.57. The lowest BCUT2D eigenvalue weighted by Gasteiger charge is -2.19. The average molecular weight is 223 g/mol. The maximum absolute atomic E-state index is 5.91. The maximum Gasteiger partial charge on any atom is 0.215 e. The fraction of sp³-hybridized carbons (Fsp3) is 0.545. The van der Waals surface area contributed by atoms with E-state index in [-0.39, 0.29) is 6.10 Å². The molecule has 1 aromatic rings. The molecule has 2 rings (SSSR count). The number of hydrogen-bond donors (Lipinski definition) is 1. The molecular formula is C11H17N3O2. The average Bonchev–Trinajstić information content (AvgIpc) is 2.78. The van der Waals surface area contributed by atoms with Crippen molar-refractivity contribution in [3.05, 3.63) is 12.1 Å². The Hall–Kier alpha value is -1.49. The predicted octanol–water partition coefficient (Wildman–Crippen LogP) is 0.897. The topological polar surface area (TPSA) is 60.6 Å². The largest absolute Gasteiger partial charge is 0.481 e. The molecule has 0 saturated carbocycles. The van der Waals surface area contributed by atoms with Gasteiger partial charge in [-0.05, 0) is 12.5 Å². The Balaban J connectivity index is 2.20. The SMILES string of the molecule is COc1ccc(N)c(N2CCC(OC)C2)n1. The molecule has 0 aliphatic carbocycles. The van der Waals surface area contributed by atoms with Gasteiger partial charge in [0.15, 0.2) is 5.82 Å². The highest BCUT2D eigenvalue weighted by molar-refractivity contribution is 5.64. The molecule has 1 fully saturated rings. The van der Waals surface area contributed by atoms with Gasteiger partial charge in [-0.1, -0.05) is 0 Å². The lowest BCUT2D eigenvalue weighted by atomic mass is 10.3. The van der Waals surface area contributed by atoms with E-state index in [9.17, 15) is 0 Å². The van der Waals surface area contributed by atoms with Crippen LogP contribution in [0.3, 0.4) is 0 Å². The number of hydrogen-bond acceptors (Lipinski definition) is 5. The van der Waals surface area contributed by atoms with E-state index in [2.05, 4.69) is 9.88 Å². The van der Waals surface area contributed by atoms with Crippen molar-refractivity contribution < 1.29 is 9.47 Å². The minimum absolute atomic E-state index is 0.271. The van der Waals surface area contributed by atoms with Gasteiger partial charge in [-0.25, -0.2) is 0 Å². The molecule has 0 bridgehead atoms. The van der Waals surface area contributed by atoms with Crippen molar-refractivity contribution in [3.63, 3.8) is 0 Å². The van der Waals surface area contributed by atoms with E-state index in [1.165, 1.54) is 0 Å². The van der Waals surface area contributed by atoms with Gasteiger partial charge in [0, 0.05) is 26.3 Å². The van der Waals surface area contributed by atoms with E-state index in [1.54, 1.807) is 20.3 Å². The van der Waals surface area contributed by atoms with E-state index >= 15 is 0 Å². The number of ether oxygens (including phenoxy) is 2. The van der Waals surface area contributed by atoms with Gasteiger partial charge in [-0.15, -0.1) is 0 Å². The molecular weight excluding hydrogens is 206 g/mol. The lowest BCUT2D eigenvalue weighted by Crippen LogP contribution is -2.24. The Labute approximate surface area is 95.2 Å². The third kappa shape index (κ3) is 2.04. The van der Waals surface area contributed by atoms with Gasteiger partial charge in [0.2, 0.25) is 5.88 Å². The van der Waals surface area contributed by atoms with E-state index in [4.69, 9.17) is 15.2 Å². The van der Waals surface area contributed by atoms with Gasteiger partial charge in [0.25, 0.3) is 0 Å². The standard InChI is InChI=1S/C11H17N3O2/c1-15-8-5-6-14(7-8)11-9(12)3-4-10(13-11)16-2/h3-4,8H,5-7,12H2,1-2H3. The van der Waals surface area contributed by atoms with Crippen molar-refractivity contribution in [1.82, 2.24) is 4.98 Å². The number of pyridine rings is 1. The molecule has 1 atom stereocenters. The van der Waals surface area contributed by atoms with Gasteiger partial charge < -0.3 is 20.1 Å².